The molecule has 0 aliphatic heterocycles. The summed E-state index contributed by atoms with van der Waals surface area (Å²) < 4.78 is 1.88. The van der Waals surface area contributed by atoms with Gasteiger partial charge in [-0.25, -0.2) is 9.67 Å². The van der Waals surface area contributed by atoms with E-state index in [-0.39, 0.29) is 0 Å². The van der Waals surface area contributed by atoms with E-state index in [1.54, 1.807) is 11.8 Å². The zero-order valence-corrected chi connectivity index (χ0v) is 11.3. The summed E-state index contributed by atoms with van der Waals surface area (Å²) in [6.45, 7) is 0. The molecule has 0 aliphatic rings. The van der Waals surface area contributed by atoms with Crippen molar-refractivity contribution in [3.8, 4) is 0 Å². The van der Waals surface area contributed by atoms with Gasteiger partial charge < -0.3 is 4.98 Å². The number of para-hydroxylation sites is 3. The summed E-state index contributed by atoms with van der Waals surface area (Å²) in [5.41, 5.74) is 3.99. The summed E-state index contributed by atoms with van der Waals surface area (Å²) in [5.74, 6) is 0.681. The lowest BCUT2D eigenvalue weighted by Crippen LogP contribution is -1.97. The summed E-state index contributed by atoms with van der Waals surface area (Å²) in [7, 11) is 0. The van der Waals surface area contributed by atoms with Crippen molar-refractivity contribution < 1.29 is 0 Å². The predicted octanol–water partition coefficient (Wildman–Crippen LogP) is 3.06. The standard InChI is InChI=1S/C14H11N5S/c1-2-6-11-10(5-1)15-14(16-11)20-9-19-13-8-4-3-7-12(13)17-18-19/h1-8H,9H2,(H,15,16). The quantitative estimate of drug-likeness (QED) is 0.586. The van der Waals surface area contributed by atoms with Crippen LogP contribution in [0.25, 0.3) is 22.1 Å². The number of thioether (sulfide) groups is 1. The number of hydrogen-bond acceptors (Lipinski definition) is 4. The first-order valence-electron chi connectivity index (χ1n) is 6.26. The van der Waals surface area contributed by atoms with Gasteiger partial charge in [0.25, 0.3) is 0 Å². The van der Waals surface area contributed by atoms with E-state index in [9.17, 15) is 0 Å². The van der Waals surface area contributed by atoms with Crippen LogP contribution >= 0.6 is 11.8 Å². The minimum absolute atomic E-state index is 0.681. The van der Waals surface area contributed by atoms with Gasteiger partial charge in [0, 0.05) is 0 Å². The van der Waals surface area contributed by atoms with E-state index in [0.29, 0.717) is 5.88 Å². The fraction of sp³-hybridized carbons (Fsp3) is 0.0714. The number of nitrogens with zero attached hydrogens (tertiary/aromatic N) is 4. The van der Waals surface area contributed by atoms with Gasteiger partial charge >= 0.3 is 0 Å². The molecule has 0 aliphatic carbocycles. The molecule has 0 unspecified atom stereocenters. The lowest BCUT2D eigenvalue weighted by Gasteiger charge is -1.99. The number of H-pyrrole nitrogens is 1. The molecule has 5 nitrogen and oxygen atoms in total. The van der Waals surface area contributed by atoms with Crippen LogP contribution in [-0.4, -0.2) is 25.0 Å². The lowest BCUT2D eigenvalue weighted by atomic mass is 10.3. The van der Waals surface area contributed by atoms with Crippen LogP contribution in [-0.2, 0) is 5.88 Å². The van der Waals surface area contributed by atoms with E-state index in [2.05, 4.69) is 20.3 Å². The highest BCUT2D eigenvalue weighted by Gasteiger charge is 2.06. The predicted molar refractivity (Wildman–Crippen MR) is 79.5 cm³/mol. The van der Waals surface area contributed by atoms with Crippen LogP contribution in [0.4, 0.5) is 0 Å². The summed E-state index contributed by atoms with van der Waals surface area (Å²) >= 11 is 1.61. The molecule has 0 radical (unpaired) electrons. The van der Waals surface area contributed by atoms with E-state index in [1.165, 1.54) is 0 Å². The van der Waals surface area contributed by atoms with Crippen LogP contribution in [0.15, 0.2) is 53.7 Å². The highest BCUT2D eigenvalue weighted by Crippen LogP contribution is 2.21. The third kappa shape index (κ3) is 1.94. The number of imidazole rings is 1. The maximum absolute atomic E-state index is 4.54. The van der Waals surface area contributed by atoms with E-state index >= 15 is 0 Å². The molecule has 0 fully saturated rings. The van der Waals surface area contributed by atoms with E-state index < -0.39 is 0 Å². The Hall–Kier alpha value is -2.34. The van der Waals surface area contributed by atoms with Gasteiger partial charge in [0.05, 0.1) is 22.4 Å². The van der Waals surface area contributed by atoms with Gasteiger partial charge in [-0.05, 0) is 24.3 Å². The van der Waals surface area contributed by atoms with E-state index in [1.807, 2.05) is 53.2 Å². The van der Waals surface area contributed by atoms with Gasteiger partial charge in [-0.3, -0.25) is 0 Å². The molecule has 0 atom stereocenters. The molecule has 98 valence electrons. The third-order valence-corrected chi connectivity index (χ3v) is 3.95. The summed E-state index contributed by atoms with van der Waals surface area (Å²) in [4.78, 5) is 7.83. The van der Waals surface area contributed by atoms with Crippen molar-refractivity contribution in [2.24, 2.45) is 0 Å². The van der Waals surface area contributed by atoms with Crippen LogP contribution in [0, 0.1) is 0 Å². The maximum Gasteiger partial charge on any atom is 0.168 e. The van der Waals surface area contributed by atoms with E-state index in [4.69, 9.17) is 0 Å². The first kappa shape index (κ1) is 11.5. The van der Waals surface area contributed by atoms with Crippen molar-refractivity contribution >= 4 is 33.8 Å². The molecule has 1 N–H and O–H groups in total. The van der Waals surface area contributed by atoms with Crippen LogP contribution in [0.1, 0.15) is 0 Å². The zero-order chi connectivity index (χ0) is 13.4. The molecular weight excluding hydrogens is 270 g/mol. The average molecular weight is 281 g/mol. The normalized spacial score (nSPS) is 11.4. The van der Waals surface area contributed by atoms with Crippen LogP contribution in [0.5, 0.6) is 0 Å². The number of hydrogen-bond donors (Lipinski definition) is 1. The Labute approximate surface area is 119 Å². The van der Waals surface area contributed by atoms with Crippen LogP contribution in [0.3, 0.4) is 0 Å². The van der Waals surface area contributed by atoms with Gasteiger partial charge in [0.1, 0.15) is 5.52 Å². The lowest BCUT2D eigenvalue weighted by molar-refractivity contribution is 0.721. The molecule has 4 rings (SSSR count). The molecule has 2 heterocycles. The second-order valence-corrected chi connectivity index (χ2v) is 5.34. The van der Waals surface area contributed by atoms with Crippen molar-refractivity contribution in [1.29, 1.82) is 0 Å². The Balaban J connectivity index is 1.60. The highest BCUT2D eigenvalue weighted by atomic mass is 32.2. The topological polar surface area (TPSA) is 59.4 Å². The van der Waals surface area contributed by atoms with Gasteiger partial charge in [-0.1, -0.05) is 41.2 Å². The monoisotopic (exact) mass is 281 g/mol. The Kier molecular flexibility index (Phi) is 2.67. The summed E-state index contributed by atoms with van der Waals surface area (Å²) in [6, 6.07) is 16.0. The number of aromatic amines is 1. The second kappa shape index (κ2) is 4.64. The van der Waals surface area contributed by atoms with E-state index in [0.717, 1.165) is 27.2 Å². The van der Waals surface area contributed by atoms with Crippen LogP contribution in [0.2, 0.25) is 0 Å². The largest absolute Gasteiger partial charge is 0.333 e. The number of benzene rings is 2. The Morgan fingerprint density at radius 1 is 1.00 bits per heavy atom. The zero-order valence-electron chi connectivity index (χ0n) is 10.5. The first-order valence-corrected chi connectivity index (χ1v) is 7.24. The third-order valence-electron chi connectivity index (χ3n) is 3.11. The molecular formula is C14H11N5S. The molecule has 6 heteroatoms. The Morgan fingerprint density at radius 2 is 1.80 bits per heavy atom. The second-order valence-electron chi connectivity index (χ2n) is 4.41. The molecule has 4 aromatic rings. The number of fused-ring (bicyclic) bond motifs is 2. The molecule has 2 aromatic heterocycles. The SMILES string of the molecule is c1ccc2[nH]c(SCn3nnc4ccccc43)nc2c1. The van der Waals surface area contributed by atoms with Gasteiger partial charge in [-0.15, -0.1) is 5.10 Å². The highest BCUT2D eigenvalue weighted by molar-refractivity contribution is 7.98. The number of aromatic nitrogens is 5. The van der Waals surface area contributed by atoms with Gasteiger partial charge in [0.15, 0.2) is 5.16 Å². The Bertz CT molecular complexity index is 846. The van der Waals surface area contributed by atoms with Crippen LogP contribution < -0.4 is 0 Å². The Morgan fingerprint density at radius 3 is 2.70 bits per heavy atom. The van der Waals surface area contributed by atoms with Gasteiger partial charge in [0.2, 0.25) is 0 Å². The fourth-order valence-electron chi connectivity index (χ4n) is 2.13. The molecule has 20 heavy (non-hydrogen) atoms. The fourth-order valence-corrected chi connectivity index (χ4v) is 2.91. The van der Waals surface area contributed by atoms with Crippen molar-refractivity contribution in [2.75, 3.05) is 0 Å². The maximum atomic E-state index is 4.54. The summed E-state index contributed by atoms with van der Waals surface area (Å²) in [6.07, 6.45) is 0. The van der Waals surface area contributed by atoms with Crippen molar-refractivity contribution in [3.05, 3.63) is 48.5 Å². The van der Waals surface area contributed by atoms with Crippen molar-refractivity contribution in [1.82, 2.24) is 25.0 Å². The summed E-state index contributed by atoms with van der Waals surface area (Å²) in [5, 5.41) is 9.21. The van der Waals surface area contributed by atoms with Gasteiger partial charge in [-0.2, -0.15) is 0 Å². The molecule has 0 saturated carbocycles. The smallest absolute Gasteiger partial charge is 0.168 e. The number of nitrogens with one attached hydrogen (secondary N) is 1. The van der Waals surface area contributed by atoms with Crippen molar-refractivity contribution in [2.45, 2.75) is 11.0 Å². The molecule has 2 aromatic carbocycles. The minimum Gasteiger partial charge on any atom is -0.333 e. The number of rotatable bonds is 3. The van der Waals surface area contributed by atoms with Crippen molar-refractivity contribution in [3.63, 3.8) is 0 Å². The minimum atomic E-state index is 0.681. The average Bonchev–Trinajstić information content (AvgIpc) is 3.08. The molecule has 0 amide bonds. The first-order chi connectivity index (χ1) is 9.90. The molecule has 0 bridgehead atoms. The molecule has 0 spiro atoms. The molecule has 0 saturated heterocycles.